The van der Waals surface area contributed by atoms with Crippen molar-refractivity contribution in [3.8, 4) is 0 Å². The molecule has 2 aliphatic heterocycles. The van der Waals surface area contributed by atoms with E-state index < -0.39 is 21.2 Å². The van der Waals surface area contributed by atoms with Crippen LogP contribution in [0.2, 0.25) is 0 Å². The number of nitrogens with zero attached hydrogens (tertiary/aromatic N) is 1. The van der Waals surface area contributed by atoms with Crippen LogP contribution < -0.4 is 10.0 Å². The summed E-state index contributed by atoms with van der Waals surface area (Å²) in [6.07, 6.45) is 1.91. The molecule has 0 saturated carbocycles. The molecule has 0 aromatic heterocycles. The first-order valence-electron chi connectivity index (χ1n) is 9.75. The van der Waals surface area contributed by atoms with Gasteiger partial charge in [0.25, 0.3) is 10.0 Å². The lowest BCUT2D eigenvalue weighted by Gasteiger charge is -2.27. The Balaban J connectivity index is 1.57. The minimum Gasteiger partial charge on any atom is -0.341 e. The molecular weight excluding hydrogens is 422 g/mol. The monoisotopic (exact) mass is 445 g/mol. The zero-order valence-electron chi connectivity index (χ0n) is 16.8. The molecule has 0 bridgehead atoms. The molecule has 4 rings (SSSR count). The van der Waals surface area contributed by atoms with Gasteiger partial charge >= 0.3 is 0 Å². The summed E-state index contributed by atoms with van der Waals surface area (Å²) in [6.45, 7) is 5.08. The van der Waals surface area contributed by atoms with Gasteiger partial charge in [0, 0.05) is 18.0 Å². The Morgan fingerprint density at radius 1 is 1.13 bits per heavy atom. The van der Waals surface area contributed by atoms with Crippen LogP contribution >= 0.6 is 11.8 Å². The van der Waals surface area contributed by atoms with Crippen molar-refractivity contribution in [1.29, 1.82) is 0 Å². The molecule has 0 unspecified atom stereocenters. The van der Waals surface area contributed by atoms with Crippen molar-refractivity contribution in [2.24, 2.45) is 0 Å². The number of fused-ring (bicyclic) bond motifs is 1. The second-order valence-electron chi connectivity index (χ2n) is 7.60. The second-order valence-corrected chi connectivity index (χ2v) is 10.4. The van der Waals surface area contributed by atoms with Crippen molar-refractivity contribution in [3.05, 3.63) is 47.5 Å². The molecule has 0 aliphatic carbocycles. The highest BCUT2D eigenvalue weighted by molar-refractivity contribution is 8.01. The molecule has 2 aromatic carbocycles. The van der Waals surface area contributed by atoms with Crippen LogP contribution in [0.1, 0.15) is 24.0 Å². The summed E-state index contributed by atoms with van der Waals surface area (Å²) in [5, 5.41) is 1.87. The SMILES string of the molecule is Cc1ccc(C)c(NS(=O)(=O)c2ccc3c(c2)NC(=O)[C@H](C(=O)N2CCCC2)S3)c1. The van der Waals surface area contributed by atoms with E-state index in [-0.39, 0.29) is 10.8 Å². The number of aryl methyl sites for hydroxylation is 2. The zero-order valence-corrected chi connectivity index (χ0v) is 18.4. The van der Waals surface area contributed by atoms with E-state index in [0.29, 0.717) is 29.4 Å². The number of sulfonamides is 1. The molecule has 2 aromatic rings. The number of carbonyl (C=O) groups excluding carboxylic acids is 2. The minimum absolute atomic E-state index is 0.0485. The molecule has 0 radical (unpaired) electrons. The third-order valence-corrected chi connectivity index (χ3v) is 7.91. The molecule has 30 heavy (non-hydrogen) atoms. The van der Waals surface area contributed by atoms with Gasteiger partial charge in [-0.2, -0.15) is 0 Å². The van der Waals surface area contributed by atoms with Gasteiger partial charge in [0.05, 0.1) is 16.3 Å². The molecule has 2 N–H and O–H groups in total. The predicted octanol–water partition coefficient (Wildman–Crippen LogP) is 3.14. The summed E-state index contributed by atoms with van der Waals surface area (Å²) in [5.41, 5.74) is 2.68. The van der Waals surface area contributed by atoms with Crippen LogP contribution in [0.15, 0.2) is 46.2 Å². The van der Waals surface area contributed by atoms with Crippen LogP contribution in [-0.2, 0) is 19.6 Å². The number of thioether (sulfide) groups is 1. The van der Waals surface area contributed by atoms with Crippen LogP contribution in [0.5, 0.6) is 0 Å². The number of carbonyl (C=O) groups is 2. The Kier molecular flexibility index (Phi) is 5.50. The number of amides is 2. The normalized spacial score (nSPS) is 18.7. The van der Waals surface area contributed by atoms with Crippen LogP contribution in [0, 0.1) is 13.8 Å². The van der Waals surface area contributed by atoms with Gasteiger partial charge in [0.15, 0.2) is 5.25 Å². The van der Waals surface area contributed by atoms with Gasteiger partial charge in [-0.15, -0.1) is 11.8 Å². The molecule has 2 aliphatic rings. The summed E-state index contributed by atoms with van der Waals surface area (Å²) in [4.78, 5) is 27.6. The van der Waals surface area contributed by atoms with Crippen molar-refractivity contribution in [1.82, 2.24) is 4.90 Å². The number of hydrogen-bond donors (Lipinski definition) is 2. The zero-order chi connectivity index (χ0) is 21.5. The van der Waals surface area contributed by atoms with Crippen LogP contribution in [0.3, 0.4) is 0 Å². The molecule has 1 atom stereocenters. The topological polar surface area (TPSA) is 95.6 Å². The lowest BCUT2D eigenvalue weighted by Crippen LogP contribution is -2.43. The van der Waals surface area contributed by atoms with Gasteiger partial charge in [-0.25, -0.2) is 8.42 Å². The maximum atomic E-state index is 12.9. The third-order valence-electron chi connectivity index (χ3n) is 5.28. The minimum atomic E-state index is -3.83. The summed E-state index contributed by atoms with van der Waals surface area (Å²) in [5.74, 6) is -0.602. The van der Waals surface area contributed by atoms with Crippen molar-refractivity contribution in [3.63, 3.8) is 0 Å². The average Bonchev–Trinajstić information content (AvgIpc) is 3.24. The molecular formula is C21H23N3O4S2. The van der Waals surface area contributed by atoms with Crippen molar-refractivity contribution in [2.45, 2.75) is 41.7 Å². The van der Waals surface area contributed by atoms with E-state index in [1.165, 1.54) is 23.9 Å². The highest BCUT2D eigenvalue weighted by Crippen LogP contribution is 2.38. The number of rotatable bonds is 4. The second kappa shape index (κ2) is 7.96. The first-order valence-corrected chi connectivity index (χ1v) is 12.1. The van der Waals surface area contributed by atoms with Gasteiger partial charge in [0.2, 0.25) is 11.8 Å². The molecule has 7 nitrogen and oxygen atoms in total. The Morgan fingerprint density at radius 3 is 2.60 bits per heavy atom. The van der Waals surface area contributed by atoms with E-state index in [1.54, 1.807) is 17.0 Å². The lowest BCUT2D eigenvalue weighted by atomic mass is 10.1. The van der Waals surface area contributed by atoms with Gasteiger partial charge < -0.3 is 10.2 Å². The summed E-state index contributed by atoms with van der Waals surface area (Å²) in [6, 6.07) is 10.1. The first-order chi connectivity index (χ1) is 14.2. The van der Waals surface area contributed by atoms with E-state index in [4.69, 9.17) is 0 Å². The van der Waals surface area contributed by atoms with E-state index in [1.807, 2.05) is 26.0 Å². The van der Waals surface area contributed by atoms with Gasteiger partial charge in [0.1, 0.15) is 0 Å². The molecule has 2 heterocycles. The fourth-order valence-electron chi connectivity index (χ4n) is 3.57. The summed E-state index contributed by atoms with van der Waals surface area (Å²) >= 11 is 1.17. The summed E-state index contributed by atoms with van der Waals surface area (Å²) in [7, 11) is -3.83. The third kappa shape index (κ3) is 4.04. The van der Waals surface area contributed by atoms with E-state index >= 15 is 0 Å². The predicted molar refractivity (Wildman–Crippen MR) is 117 cm³/mol. The highest BCUT2D eigenvalue weighted by Gasteiger charge is 2.37. The lowest BCUT2D eigenvalue weighted by molar-refractivity contribution is -0.133. The van der Waals surface area contributed by atoms with Crippen molar-refractivity contribution in [2.75, 3.05) is 23.1 Å². The average molecular weight is 446 g/mol. The first kappa shape index (κ1) is 20.7. The maximum absolute atomic E-state index is 12.9. The Labute approximate surface area is 180 Å². The summed E-state index contributed by atoms with van der Waals surface area (Å²) < 4.78 is 28.4. The Hall–Kier alpha value is -2.52. The molecule has 0 spiro atoms. The van der Waals surface area contributed by atoms with E-state index in [9.17, 15) is 18.0 Å². The number of benzene rings is 2. The van der Waals surface area contributed by atoms with Gasteiger partial charge in [-0.1, -0.05) is 12.1 Å². The molecule has 1 saturated heterocycles. The van der Waals surface area contributed by atoms with Crippen LogP contribution in [-0.4, -0.2) is 43.5 Å². The van der Waals surface area contributed by atoms with E-state index in [2.05, 4.69) is 10.0 Å². The number of hydrogen-bond acceptors (Lipinski definition) is 5. The van der Waals surface area contributed by atoms with Crippen molar-refractivity contribution < 1.29 is 18.0 Å². The van der Waals surface area contributed by atoms with Crippen LogP contribution in [0.4, 0.5) is 11.4 Å². The molecule has 158 valence electrons. The number of anilines is 2. The standard InChI is InChI=1S/C21H23N3O4S2/c1-13-5-6-14(2)16(11-13)23-30(27,28)15-7-8-18-17(12-15)22-20(25)19(29-18)21(26)24-9-3-4-10-24/h5-8,11-12,19,23H,3-4,9-10H2,1-2H3,(H,22,25)/t19-/m1/s1. The van der Waals surface area contributed by atoms with Crippen molar-refractivity contribution >= 4 is 45.0 Å². The highest BCUT2D eigenvalue weighted by atomic mass is 32.2. The Bertz CT molecular complexity index is 1130. The fourth-order valence-corrected chi connectivity index (χ4v) is 5.77. The fraction of sp³-hybridized carbons (Fsp3) is 0.333. The van der Waals surface area contributed by atoms with Gasteiger partial charge in [-0.3, -0.25) is 14.3 Å². The van der Waals surface area contributed by atoms with E-state index in [0.717, 1.165) is 24.0 Å². The largest absolute Gasteiger partial charge is 0.341 e. The molecule has 1 fully saturated rings. The number of likely N-dealkylation sites (tertiary alicyclic amines) is 1. The quantitative estimate of drug-likeness (QED) is 0.705. The number of nitrogens with one attached hydrogen (secondary N) is 2. The smallest absolute Gasteiger partial charge is 0.261 e. The van der Waals surface area contributed by atoms with Gasteiger partial charge in [-0.05, 0) is 62.1 Å². The molecule has 9 heteroatoms. The van der Waals surface area contributed by atoms with Crippen LogP contribution in [0.25, 0.3) is 0 Å². The maximum Gasteiger partial charge on any atom is 0.261 e. The Morgan fingerprint density at radius 2 is 1.87 bits per heavy atom. The molecule has 2 amide bonds.